The molecular weight excluding hydrogens is 506 g/mol. The van der Waals surface area contributed by atoms with Gasteiger partial charge in [-0.15, -0.1) is 0 Å². The van der Waals surface area contributed by atoms with Gasteiger partial charge in [0.2, 0.25) is 5.91 Å². The first kappa shape index (κ1) is 26.9. The summed E-state index contributed by atoms with van der Waals surface area (Å²) in [5, 5.41) is 2.64. The molecule has 1 saturated heterocycles. The number of ether oxygens (including phenoxy) is 1. The number of pyridine rings is 1. The van der Waals surface area contributed by atoms with Crippen molar-refractivity contribution < 1.29 is 31.9 Å². The molecule has 2 heterocycles. The van der Waals surface area contributed by atoms with Crippen LogP contribution in [0.25, 0.3) is 0 Å². The Morgan fingerprint density at radius 2 is 1.76 bits per heavy atom. The van der Waals surface area contributed by atoms with Crippen LogP contribution in [0.4, 0.5) is 23.2 Å². The molecule has 1 unspecified atom stereocenters. The van der Waals surface area contributed by atoms with Gasteiger partial charge in [0, 0.05) is 48.5 Å². The van der Waals surface area contributed by atoms with E-state index in [4.69, 9.17) is 4.74 Å². The van der Waals surface area contributed by atoms with Gasteiger partial charge in [-0.1, -0.05) is 17.7 Å². The SMILES string of the molecule is COc1cc(F)c([C@@H]2CN(c3cccn(CC(F)F)c3=O)C(=O)C2CNC(=O)c2ccc(C)cc2)c(F)c1. The fraction of sp³-hybridized carbons (Fsp3) is 0.296. The predicted molar refractivity (Wildman–Crippen MR) is 132 cm³/mol. The fourth-order valence-electron chi connectivity index (χ4n) is 4.59. The summed E-state index contributed by atoms with van der Waals surface area (Å²) in [6.45, 7) is 0.387. The van der Waals surface area contributed by atoms with E-state index >= 15 is 8.78 Å². The van der Waals surface area contributed by atoms with Gasteiger partial charge in [0.25, 0.3) is 17.9 Å². The minimum atomic E-state index is -2.81. The van der Waals surface area contributed by atoms with Crippen LogP contribution >= 0.6 is 0 Å². The van der Waals surface area contributed by atoms with Crippen LogP contribution in [0.2, 0.25) is 0 Å². The lowest BCUT2D eigenvalue weighted by molar-refractivity contribution is -0.120. The maximum atomic E-state index is 15.1. The van der Waals surface area contributed by atoms with Crippen molar-refractivity contribution in [2.24, 2.45) is 5.92 Å². The van der Waals surface area contributed by atoms with Crippen LogP contribution in [-0.4, -0.2) is 43.0 Å². The predicted octanol–water partition coefficient (Wildman–Crippen LogP) is 3.89. The van der Waals surface area contributed by atoms with Gasteiger partial charge in [0.05, 0.1) is 19.6 Å². The lowest BCUT2D eigenvalue weighted by atomic mass is 9.87. The minimum absolute atomic E-state index is 0.0629. The molecule has 2 aromatic carbocycles. The third-order valence-corrected chi connectivity index (χ3v) is 6.53. The molecule has 1 aliphatic heterocycles. The first-order chi connectivity index (χ1) is 18.1. The summed E-state index contributed by atoms with van der Waals surface area (Å²) >= 11 is 0. The molecule has 1 aromatic heterocycles. The van der Waals surface area contributed by atoms with E-state index in [1.54, 1.807) is 24.3 Å². The molecule has 200 valence electrons. The number of methoxy groups -OCH3 is 1. The molecule has 2 amide bonds. The smallest absolute Gasteiger partial charge is 0.274 e. The largest absolute Gasteiger partial charge is 0.497 e. The third-order valence-electron chi connectivity index (χ3n) is 6.53. The van der Waals surface area contributed by atoms with Gasteiger partial charge in [0.15, 0.2) is 0 Å². The van der Waals surface area contributed by atoms with Crippen molar-refractivity contribution in [1.29, 1.82) is 0 Å². The van der Waals surface area contributed by atoms with Gasteiger partial charge in [0.1, 0.15) is 23.1 Å². The second-order valence-electron chi connectivity index (χ2n) is 8.98. The number of carbonyl (C=O) groups is 2. The number of benzene rings is 2. The van der Waals surface area contributed by atoms with E-state index in [0.717, 1.165) is 33.4 Å². The van der Waals surface area contributed by atoms with Crippen molar-refractivity contribution in [3.8, 4) is 5.75 Å². The van der Waals surface area contributed by atoms with E-state index in [1.165, 1.54) is 19.2 Å². The number of hydrogen-bond acceptors (Lipinski definition) is 4. The summed E-state index contributed by atoms with van der Waals surface area (Å²) in [6.07, 6.45) is -1.64. The lowest BCUT2D eigenvalue weighted by Gasteiger charge is -2.19. The zero-order valence-corrected chi connectivity index (χ0v) is 20.6. The number of anilines is 1. The molecule has 2 atom stereocenters. The van der Waals surface area contributed by atoms with Gasteiger partial charge in [-0.3, -0.25) is 14.4 Å². The monoisotopic (exact) mass is 531 g/mol. The Kier molecular flexibility index (Phi) is 7.84. The summed E-state index contributed by atoms with van der Waals surface area (Å²) in [4.78, 5) is 40.1. The van der Waals surface area contributed by atoms with Crippen LogP contribution in [0.15, 0.2) is 59.5 Å². The number of rotatable bonds is 8. The van der Waals surface area contributed by atoms with Crippen molar-refractivity contribution in [2.75, 3.05) is 25.1 Å². The maximum Gasteiger partial charge on any atom is 0.274 e. The Morgan fingerprint density at radius 1 is 1.11 bits per heavy atom. The standard InChI is InChI=1S/C27H25F4N3O4/c1-15-5-7-16(8-6-15)25(35)32-12-18-19(24-20(28)10-17(38-2)11-21(24)29)13-34(26(18)36)22-4-3-9-33(27(22)37)14-23(30)31/h3-11,18-19,23H,12-14H2,1-2H3,(H,32,35)/t18?,19-/m1/s1. The van der Waals surface area contributed by atoms with Crippen LogP contribution < -0.4 is 20.5 Å². The molecule has 11 heteroatoms. The quantitative estimate of drug-likeness (QED) is 0.448. The molecule has 0 bridgehead atoms. The molecular formula is C27H25F4N3O4. The van der Waals surface area contributed by atoms with E-state index in [1.807, 2.05) is 6.92 Å². The topological polar surface area (TPSA) is 80.6 Å². The number of alkyl halides is 2. The molecule has 0 spiro atoms. The Morgan fingerprint density at radius 3 is 2.37 bits per heavy atom. The zero-order valence-electron chi connectivity index (χ0n) is 20.6. The lowest BCUT2D eigenvalue weighted by Crippen LogP contribution is -2.38. The summed E-state index contributed by atoms with van der Waals surface area (Å²) in [7, 11) is 1.25. The molecule has 1 N–H and O–H groups in total. The van der Waals surface area contributed by atoms with E-state index < -0.39 is 59.4 Å². The number of nitrogens with one attached hydrogen (secondary N) is 1. The number of halogens is 4. The van der Waals surface area contributed by atoms with E-state index in [0.29, 0.717) is 5.56 Å². The van der Waals surface area contributed by atoms with Crippen molar-refractivity contribution >= 4 is 17.5 Å². The Hall–Kier alpha value is -4.15. The highest BCUT2D eigenvalue weighted by molar-refractivity contribution is 5.99. The van der Waals surface area contributed by atoms with Crippen LogP contribution in [0.5, 0.6) is 5.75 Å². The van der Waals surface area contributed by atoms with Crippen molar-refractivity contribution in [3.63, 3.8) is 0 Å². The highest BCUT2D eigenvalue weighted by Gasteiger charge is 2.45. The van der Waals surface area contributed by atoms with Gasteiger partial charge in [-0.05, 0) is 31.2 Å². The number of aryl methyl sites for hydroxylation is 1. The fourth-order valence-corrected chi connectivity index (χ4v) is 4.59. The molecule has 38 heavy (non-hydrogen) atoms. The van der Waals surface area contributed by atoms with Gasteiger partial charge in [-0.2, -0.15) is 0 Å². The third kappa shape index (κ3) is 5.41. The maximum absolute atomic E-state index is 15.1. The second kappa shape index (κ2) is 11.1. The molecule has 3 aromatic rings. The second-order valence-corrected chi connectivity index (χ2v) is 8.98. The first-order valence-electron chi connectivity index (χ1n) is 11.8. The highest BCUT2D eigenvalue weighted by atomic mass is 19.3. The molecule has 1 fully saturated rings. The summed E-state index contributed by atoms with van der Waals surface area (Å²) < 4.78 is 61.7. The average Bonchev–Trinajstić information content (AvgIpc) is 3.18. The molecule has 4 rings (SSSR count). The van der Waals surface area contributed by atoms with Crippen LogP contribution in [0.3, 0.4) is 0 Å². The number of aromatic nitrogens is 1. The molecule has 7 nitrogen and oxygen atoms in total. The molecule has 0 aliphatic carbocycles. The van der Waals surface area contributed by atoms with Crippen LogP contribution in [-0.2, 0) is 11.3 Å². The van der Waals surface area contributed by atoms with Crippen LogP contribution in [0.1, 0.15) is 27.4 Å². The van der Waals surface area contributed by atoms with Gasteiger partial charge >= 0.3 is 0 Å². The normalized spacial score (nSPS) is 17.2. The number of nitrogens with zero attached hydrogens (tertiary/aromatic N) is 2. The van der Waals surface area contributed by atoms with E-state index in [9.17, 15) is 23.2 Å². The minimum Gasteiger partial charge on any atom is -0.497 e. The number of carbonyl (C=O) groups excluding carboxylic acids is 2. The first-order valence-corrected chi connectivity index (χ1v) is 11.8. The van der Waals surface area contributed by atoms with E-state index in [2.05, 4.69) is 5.32 Å². The van der Waals surface area contributed by atoms with Crippen molar-refractivity contribution in [2.45, 2.75) is 25.8 Å². The van der Waals surface area contributed by atoms with Gasteiger partial charge < -0.3 is 19.5 Å². The van der Waals surface area contributed by atoms with Crippen molar-refractivity contribution in [3.05, 3.63) is 93.4 Å². The average molecular weight is 532 g/mol. The highest BCUT2D eigenvalue weighted by Crippen LogP contribution is 2.39. The van der Waals surface area contributed by atoms with Crippen LogP contribution in [0, 0.1) is 24.5 Å². The molecule has 0 radical (unpaired) electrons. The summed E-state index contributed by atoms with van der Waals surface area (Å²) in [6, 6.07) is 11.3. The molecule has 0 saturated carbocycles. The van der Waals surface area contributed by atoms with Crippen molar-refractivity contribution in [1.82, 2.24) is 9.88 Å². The Balaban J connectivity index is 1.70. The zero-order chi connectivity index (χ0) is 27.6. The number of hydrogen-bond donors (Lipinski definition) is 1. The van der Waals surface area contributed by atoms with E-state index in [-0.39, 0.29) is 24.5 Å². The summed E-state index contributed by atoms with van der Waals surface area (Å²) in [5.41, 5.74) is -0.187. The number of amides is 2. The van der Waals surface area contributed by atoms with Gasteiger partial charge in [-0.25, -0.2) is 17.6 Å². The Labute approximate surface area is 215 Å². The Bertz CT molecular complexity index is 1390. The summed E-state index contributed by atoms with van der Waals surface area (Å²) in [5.74, 6) is -5.41. The molecule has 1 aliphatic rings.